The molecule has 3 nitrogen and oxygen atoms in total. The Morgan fingerprint density at radius 1 is 0.500 bits per heavy atom. The van der Waals surface area contributed by atoms with Crippen LogP contribution in [-0.4, -0.2) is 14.5 Å². The van der Waals surface area contributed by atoms with E-state index in [9.17, 15) is 0 Å². The van der Waals surface area contributed by atoms with Crippen molar-refractivity contribution in [1.82, 2.24) is 14.5 Å². The Morgan fingerprint density at radius 3 is 2.02 bits per heavy atom. The van der Waals surface area contributed by atoms with Gasteiger partial charge in [-0.1, -0.05) is 165 Å². The summed E-state index contributed by atoms with van der Waals surface area (Å²) in [5.41, 5.74) is 11.3. The number of fused-ring (bicyclic) bond motifs is 18. The maximum atomic E-state index is 5.82. The predicted octanol–water partition coefficient (Wildman–Crippen LogP) is 14.3. The zero-order chi connectivity index (χ0) is 36.5. The second kappa shape index (κ2) is 11.3. The third-order valence-corrected chi connectivity index (χ3v) is 14.3. The molecule has 3 aromatic heterocycles. The zero-order valence-corrected chi connectivity index (χ0v) is 31.5. The van der Waals surface area contributed by atoms with Crippen molar-refractivity contribution < 1.29 is 0 Å². The molecule has 1 fully saturated rings. The predicted molar refractivity (Wildman–Crippen MR) is 237 cm³/mol. The molecule has 264 valence electrons. The Labute approximate surface area is 327 Å². The van der Waals surface area contributed by atoms with E-state index in [1.165, 1.54) is 106 Å². The van der Waals surface area contributed by atoms with Crippen molar-refractivity contribution in [1.29, 1.82) is 0 Å². The minimum atomic E-state index is -0.0912. The molecule has 0 atom stereocenters. The Bertz CT molecular complexity index is 3470. The first-order valence-electron chi connectivity index (χ1n) is 20.0. The van der Waals surface area contributed by atoms with Crippen LogP contribution in [0.1, 0.15) is 43.2 Å². The highest BCUT2D eigenvalue weighted by Crippen LogP contribution is 2.61. The lowest BCUT2D eigenvalue weighted by molar-refractivity contribution is 0.354. The average molecular weight is 734 g/mol. The van der Waals surface area contributed by atoms with Crippen molar-refractivity contribution in [2.45, 2.75) is 37.5 Å². The number of aromatic nitrogens is 3. The van der Waals surface area contributed by atoms with Crippen molar-refractivity contribution in [3.05, 3.63) is 163 Å². The fourth-order valence-corrected chi connectivity index (χ4v) is 12.0. The molecule has 2 aliphatic carbocycles. The minimum Gasteiger partial charge on any atom is -0.277 e. The lowest BCUT2D eigenvalue weighted by Crippen LogP contribution is -2.28. The Hall–Kier alpha value is -6.36. The van der Waals surface area contributed by atoms with Gasteiger partial charge in [0.15, 0.2) is 0 Å². The summed E-state index contributed by atoms with van der Waals surface area (Å²) in [4.78, 5) is 11.5. The number of benzene rings is 8. The van der Waals surface area contributed by atoms with E-state index in [4.69, 9.17) is 9.97 Å². The van der Waals surface area contributed by atoms with Crippen LogP contribution in [0.3, 0.4) is 0 Å². The number of hydrogen-bond acceptors (Lipinski definition) is 3. The van der Waals surface area contributed by atoms with Crippen LogP contribution in [0.15, 0.2) is 152 Å². The zero-order valence-electron chi connectivity index (χ0n) is 30.7. The lowest BCUT2D eigenvalue weighted by atomic mass is 9.67. The van der Waals surface area contributed by atoms with Gasteiger partial charge in [-0.3, -0.25) is 4.57 Å². The summed E-state index contributed by atoms with van der Waals surface area (Å²) in [5.74, 6) is 0.736. The normalized spacial score (nSPS) is 14.9. The number of thiophene rings is 1. The molecule has 56 heavy (non-hydrogen) atoms. The number of nitrogens with zero attached hydrogens (tertiary/aromatic N) is 3. The summed E-state index contributed by atoms with van der Waals surface area (Å²) in [5, 5.41) is 11.2. The van der Waals surface area contributed by atoms with Crippen LogP contribution in [0.5, 0.6) is 0 Å². The highest BCUT2D eigenvalue weighted by atomic mass is 32.1. The van der Waals surface area contributed by atoms with Gasteiger partial charge >= 0.3 is 0 Å². The van der Waals surface area contributed by atoms with E-state index in [1.54, 1.807) is 11.3 Å². The molecule has 11 aromatic rings. The van der Waals surface area contributed by atoms with E-state index in [1.807, 2.05) is 0 Å². The molecule has 0 radical (unpaired) electrons. The van der Waals surface area contributed by atoms with Gasteiger partial charge in [-0.15, -0.1) is 11.3 Å². The van der Waals surface area contributed by atoms with Gasteiger partial charge in [0.1, 0.15) is 0 Å². The van der Waals surface area contributed by atoms with Gasteiger partial charge in [-0.05, 0) is 68.1 Å². The van der Waals surface area contributed by atoms with E-state index >= 15 is 0 Å². The molecule has 0 bridgehead atoms. The molecule has 1 saturated carbocycles. The van der Waals surface area contributed by atoms with E-state index in [0.717, 1.165) is 40.3 Å². The quantitative estimate of drug-likeness (QED) is 0.177. The molecule has 0 amide bonds. The Kier molecular flexibility index (Phi) is 6.26. The summed E-state index contributed by atoms with van der Waals surface area (Å²) >= 11 is 1.80. The highest BCUT2D eigenvalue weighted by Gasteiger charge is 2.47. The lowest BCUT2D eigenvalue weighted by Gasteiger charge is -2.36. The third-order valence-electron chi connectivity index (χ3n) is 13.2. The first-order valence-corrected chi connectivity index (χ1v) is 20.8. The van der Waals surface area contributed by atoms with Crippen LogP contribution in [0.25, 0.3) is 103 Å². The molecule has 0 saturated heterocycles. The monoisotopic (exact) mass is 733 g/mol. The van der Waals surface area contributed by atoms with Gasteiger partial charge in [0, 0.05) is 37.2 Å². The molecular formula is C52H35N3S. The van der Waals surface area contributed by atoms with Crippen LogP contribution in [-0.2, 0) is 5.41 Å². The summed E-state index contributed by atoms with van der Waals surface area (Å²) in [7, 11) is 0. The van der Waals surface area contributed by atoms with Crippen molar-refractivity contribution in [2.75, 3.05) is 0 Å². The van der Waals surface area contributed by atoms with Gasteiger partial charge in [0.05, 0.1) is 26.9 Å². The average Bonchev–Trinajstić information content (AvgIpc) is 3.90. The van der Waals surface area contributed by atoms with Crippen LogP contribution in [0.4, 0.5) is 0 Å². The maximum Gasteiger partial charge on any atom is 0.235 e. The topological polar surface area (TPSA) is 30.7 Å². The molecule has 0 unspecified atom stereocenters. The summed E-state index contributed by atoms with van der Waals surface area (Å²) in [6, 6.07) is 56.1. The largest absolute Gasteiger partial charge is 0.277 e. The molecule has 1 spiro atoms. The summed E-state index contributed by atoms with van der Waals surface area (Å²) in [6.07, 6.45) is 6.01. The Balaban J connectivity index is 1.29. The fraction of sp³-hybridized carbons (Fsp3) is 0.115. The van der Waals surface area contributed by atoms with E-state index < -0.39 is 0 Å². The first kappa shape index (κ1) is 30.9. The van der Waals surface area contributed by atoms with E-state index in [2.05, 4.69) is 156 Å². The van der Waals surface area contributed by atoms with Crippen LogP contribution < -0.4 is 0 Å². The molecule has 13 rings (SSSR count). The second-order valence-electron chi connectivity index (χ2n) is 15.9. The molecule has 2 aliphatic rings. The van der Waals surface area contributed by atoms with Crippen molar-refractivity contribution in [3.8, 4) is 28.3 Å². The smallest absolute Gasteiger partial charge is 0.235 e. The van der Waals surface area contributed by atoms with Crippen molar-refractivity contribution in [2.24, 2.45) is 0 Å². The standard InChI is InChI=1S/C52H35N3S/c1-12-29-52(30-13-1)41-25-10-8-22-38(41)43-35-20-6-7-21-36(35)44-40-28-27-32-16-3-5-19-34(32)48(40)55(49(44)45(43)52)51-53-46(37-24-14-17-31-15-2-4-18-33(31)37)50-47(54-51)39-23-9-11-26-42(39)56-50/h2-11,14-28H,1,12-13,29-30H2. The van der Waals surface area contributed by atoms with Crippen molar-refractivity contribution in [3.63, 3.8) is 0 Å². The fourth-order valence-electron chi connectivity index (χ4n) is 10.9. The number of rotatable bonds is 2. The molecule has 0 aliphatic heterocycles. The molecule has 3 heterocycles. The van der Waals surface area contributed by atoms with Gasteiger partial charge in [-0.2, -0.15) is 0 Å². The van der Waals surface area contributed by atoms with Gasteiger partial charge in [0.25, 0.3) is 0 Å². The first-order chi connectivity index (χ1) is 27.8. The number of hydrogen-bond donors (Lipinski definition) is 0. The molecule has 0 N–H and O–H groups in total. The van der Waals surface area contributed by atoms with E-state index in [-0.39, 0.29) is 5.41 Å². The summed E-state index contributed by atoms with van der Waals surface area (Å²) < 4.78 is 4.87. The third kappa shape index (κ3) is 3.97. The van der Waals surface area contributed by atoms with Crippen LogP contribution >= 0.6 is 11.3 Å². The van der Waals surface area contributed by atoms with E-state index in [0.29, 0.717) is 0 Å². The maximum absolute atomic E-state index is 5.82. The van der Waals surface area contributed by atoms with Crippen LogP contribution in [0.2, 0.25) is 0 Å². The van der Waals surface area contributed by atoms with Gasteiger partial charge in [0.2, 0.25) is 5.95 Å². The van der Waals surface area contributed by atoms with Gasteiger partial charge in [-0.25, -0.2) is 9.97 Å². The molecule has 8 aromatic carbocycles. The van der Waals surface area contributed by atoms with Crippen LogP contribution in [0, 0.1) is 0 Å². The van der Waals surface area contributed by atoms with Crippen molar-refractivity contribution >= 4 is 85.8 Å². The molecule has 4 heteroatoms. The second-order valence-corrected chi connectivity index (χ2v) is 17.0. The Morgan fingerprint density at radius 2 is 1.16 bits per heavy atom. The highest BCUT2D eigenvalue weighted by molar-refractivity contribution is 7.26. The summed E-state index contributed by atoms with van der Waals surface area (Å²) in [6.45, 7) is 0. The SMILES string of the molecule is c1ccc2c(c1)-c1c(c3c(c4ccccc14)c1ccc4ccccc4c1n3-c1nc(-c3cccc4ccccc34)c3sc4ccccc4c3n1)C21CCCCC1. The molecular weight excluding hydrogens is 699 g/mol. The minimum absolute atomic E-state index is 0.0912. The van der Waals surface area contributed by atoms with Gasteiger partial charge < -0.3 is 0 Å².